The molecule has 0 spiro atoms. The van der Waals surface area contributed by atoms with Crippen LogP contribution in [-0.2, 0) is 11.3 Å². The number of benzene rings is 2. The van der Waals surface area contributed by atoms with Crippen LogP contribution < -0.4 is 0 Å². The van der Waals surface area contributed by atoms with Crippen molar-refractivity contribution in [1.82, 2.24) is 14.8 Å². The monoisotopic (exact) mass is 389 g/mol. The minimum absolute atomic E-state index is 0.130. The van der Waals surface area contributed by atoms with Gasteiger partial charge in [0.15, 0.2) is 0 Å². The molecule has 3 aromatic rings. The van der Waals surface area contributed by atoms with Gasteiger partial charge in [0.2, 0.25) is 0 Å². The number of amides is 1. The van der Waals surface area contributed by atoms with Gasteiger partial charge in [0.25, 0.3) is 5.91 Å². The molecule has 2 aliphatic rings. The van der Waals surface area contributed by atoms with Gasteiger partial charge in [0.05, 0.1) is 5.56 Å². The summed E-state index contributed by atoms with van der Waals surface area (Å²) in [6, 6.07) is 19.6. The number of H-pyrrole nitrogens is 1. The minimum atomic E-state index is 0.130. The van der Waals surface area contributed by atoms with E-state index in [-0.39, 0.29) is 5.91 Å². The summed E-state index contributed by atoms with van der Waals surface area (Å²) in [4.78, 5) is 20.9. The largest absolute Gasteiger partial charge is 0.381 e. The molecule has 0 radical (unpaired) electrons. The Balaban J connectivity index is 1.30. The second-order valence-electron chi connectivity index (χ2n) is 8.11. The van der Waals surface area contributed by atoms with Crippen molar-refractivity contribution in [2.75, 3.05) is 26.3 Å². The van der Waals surface area contributed by atoms with Gasteiger partial charge in [-0.2, -0.15) is 0 Å². The standard InChI is InChI=1S/C24H27N3O2/c28-24(22-14-25-23-9-5-4-8-21(22)23)26-16-20(17-26)27(19-10-12-29-13-11-19)15-18-6-2-1-3-7-18/h1-9,14,19-20,25H,10-13,15-17H2. The van der Waals surface area contributed by atoms with E-state index >= 15 is 0 Å². The number of ether oxygens (including phenoxy) is 1. The second kappa shape index (κ2) is 8.01. The summed E-state index contributed by atoms with van der Waals surface area (Å²) in [5.74, 6) is 0.130. The third-order valence-corrected chi connectivity index (χ3v) is 6.31. The highest BCUT2D eigenvalue weighted by atomic mass is 16.5. The molecule has 1 amide bonds. The van der Waals surface area contributed by atoms with Crippen LogP contribution in [0.4, 0.5) is 0 Å². The van der Waals surface area contributed by atoms with E-state index in [0.29, 0.717) is 12.1 Å². The molecule has 5 heteroatoms. The fourth-order valence-corrected chi connectivity index (χ4v) is 4.62. The van der Waals surface area contributed by atoms with Crippen molar-refractivity contribution in [3.8, 4) is 0 Å². The van der Waals surface area contributed by atoms with Crippen LogP contribution in [0.25, 0.3) is 10.9 Å². The number of likely N-dealkylation sites (tertiary alicyclic amines) is 1. The van der Waals surface area contributed by atoms with Crippen molar-refractivity contribution < 1.29 is 9.53 Å². The SMILES string of the molecule is O=C(c1c[nH]c2ccccc12)N1CC(N(Cc2ccccc2)C2CCOCC2)C1. The van der Waals surface area contributed by atoms with Crippen LogP contribution in [0.2, 0.25) is 0 Å². The van der Waals surface area contributed by atoms with Gasteiger partial charge < -0.3 is 14.6 Å². The summed E-state index contributed by atoms with van der Waals surface area (Å²) in [5, 5.41) is 1.01. The van der Waals surface area contributed by atoms with Crippen LogP contribution in [0, 0.1) is 0 Å². The van der Waals surface area contributed by atoms with Crippen LogP contribution in [0.3, 0.4) is 0 Å². The lowest BCUT2D eigenvalue weighted by atomic mass is 9.98. The lowest BCUT2D eigenvalue weighted by molar-refractivity contribution is -0.0289. The van der Waals surface area contributed by atoms with Crippen LogP contribution in [0.15, 0.2) is 60.8 Å². The zero-order valence-corrected chi connectivity index (χ0v) is 16.6. The molecule has 29 heavy (non-hydrogen) atoms. The number of fused-ring (bicyclic) bond motifs is 1. The molecular weight excluding hydrogens is 362 g/mol. The van der Waals surface area contributed by atoms with Crippen LogP contribution >= 0.6 is 0 Å². The highest BCUT2D eigenvalue weighted by molar-refractivity contribution is 6.07. The molecule has 0 unspecified atom stereocenters. The predicted molar refractivity (Wildman–Crippen MR) is 114 cm³/mol. The first-order valence-corrected chi connectivity index (χ1v) is 10.5. The van der Waals surface area contributed by atoms with Crippen molar-refractivity contribution in [3.63, 3.8) is 0 Å². The van der Waals surface area contributed by atoms with Crippen LogP contribution in [0.1, 0.15) is 28.8 Å². The van der Waals surface area contributed by atoms with E-state index in [1.165, 1.54) is 5.56 Å². The number of aromatic nitrogens is 1. The second-order valence-corrected chi connectivity index (χ2v) is 8.11. The van der Waals surface area contributed by atoms with Crippen molar-refractivity contribution in [1.29, 1.82) is 0 Å². The smallest absolute Gasteiger partial charge is 0.256 e. The normalized spacial score (nSPS) is 18.3. The number of aromatic amines is 1. The average molecular weight is 389 g/mol. The molecule has 0 saturated carbocycles. The van der Waals surface area contributed by atoms with Gasteiger partial charge in [-0.3, -0.25) is 9.69 Å². The Morgan fingerprint density at radius 3 is 2.52 bits per heavy atom. The van der Waals surface area contributed by atoms with E-state index in [0.717, 1.165) is 62.2 Å². The molecule has 0 atom stereocenters. The maximum atomic E-state index is 13.1. The van der Waals surface area contributed by atoms with Crippen molar-refractivity contribution >= 4 is 16.8 Å². The van der Waals surface area contributed by atoms with Gasteiger partial charge in [0, 0.05) is 62.0 Å². The van der Waals surface area contributed by atoms with Crippen molar-refractivity contribution in [2.24, 2.45) is 0 Å². The summed E-state index contributed by atoms with van der Waals surface area (Å²) in [6.45, 7) is 4.19. The maximum absolute atomic E-state index is 13.1. The van der Waals surface area contributed by atoms with E-state index in [1.807, 2.05) is 35.4 Å². The molecule has 0 aliphatic carbocycles. The molecule has 2 fully saturated rings. The van der Waals surface area contributed by atoms with E-state index in [4.69, 9.17) is 4.74 Å². The van der Waals surface area contributed by atoms with Crippen LogP contribution in [0.5, 0.6) is 0 Å². The molecule has 150 valence electrons. The summed E-state index contributed by atoms with van der Waals surface area (Å²) in [7, 11) is 0. The number of nitrogens with one attached hydrogen (secondary N) is 1. The number of carbonyl (C=O) groups excluding carboxylic acids is 1. The Kier molecular flexibility index (Phi) is 5.08. The average Bonchev–Trinajstić information content (AvgIpc) is 3.17. The number of nitrogens with zero attached hydrogens (tertiary/aromatic N) is 2. The molecule has 2 saturated heterocycles. The third-order valence-electron chi connectivity index (χ3n) is 6.31. The van der Waals surface area contributed by atoms with Gasteiger partial charge in [-0.15, -0.1) is 0 Å². The van der Waals surface area contributed by atoms with Gasteiger partial charge in [-0.1, -0.05) is 48.5 Å². The number of hydrogen-bond acceptors (Lipinski definition) is 3. The zero-order chi connectivity index (χ0) is 19.6. The number of rotatable bonds is 5. The number of hydrogen-bond donors (Lipinski definition) is 1. The Morgan fingerprint density at radius 2 is 1.72 bits per heavy atom. The van der Waals surface area contributed by atoms with Crippen molar-refractivity contribution in [2.45, 2.75) is 31.5 Å². The first-order valence-electron chi connectivity index (χ1n) is 10.5. The number of para-hydroxylation sites is 1. The molecule has 2 aromatic carbocycles. The number of carbonyl (C=O) groups is 1. The predicted octanol–water partition coefficient (Wildman–Crippen LogP) is 3.67. The topological polar surface area (TPSA) is 48.6 Å². The Hall–Kier alpha value is -2.63. The van der Waals surface area contributed by atoms with Gasteiger partial charge in [-0.25, -0.2) is 0 Å². The fourth-order valence-electron chi connectivity index (χ4n) is 4.62. The van der Waals surface area contributed by atoms with Crippen LogP contribution in [-0.4, -0.2) is 59.1 Å². The fraction of sp³-hybridized carbons (Fsp3) is 0.375. The van der Waals surface area contributed by atoms with Crippen molar-refractivity contribution in [3.05, 3.63) is 71.9 Å². The summed E-state index contributed by atoms with van der Waals surface area (Å²) >= 11 is 0. The Bertz CT molecular complexity index is 972. The quantitative estimate of drug-likeness (QED) is 0.724. The summed E-state index contributed by atoms with van der Waals surface area (Å²) in [6.07, 6.45) is 3.99. The van der Waals surface area contributed by atoms with E-state index in [1.54, 1.807) is 0 Å². The zero-order valence-electron chi connectivity index (χ0n) is 16.6. The first-order chi connectivity index (χ1) is 14.3. The van der Waals surface area contributed by atoms with E-state index in [2.05, 4.69) is 40.2 Å². The molecule has 5 nitrogen and oxygen atoms in total. The molecule has 5 rings (SSSR count). The summed E-state index contributed by atoms with van der Waals surface area (Å²) in [5.41, 5.74) is 3.13. The van der Waals surface area contributed by atoms with Gasteiger partial charge >= 0.3 is 0 Å². The third kappa shape index (κ3) is 3.68. The molecular formula is C24H27N3O2. The molecule has 2 aliphatic heterocycles. The van der Waals surface area contributed by atoms with Gasteiger partial charge in [0.1, 0.15) is 0 Å². The molecule has 1 N–H and O–H groups in total. The Morgan fingerprint density at radius 1 is 1.00 bits per heavy atom. The molecule has 1 aromatic heterocycles. The lowest BCUT2D eigenvalue weighted by Gasteiger charge is -2.49. The highest BCUT2D eigenvalue weighted by Gasteiger charge is 2.38. The molecule has 3 heterocycles. The minimum Gasteiger partial charge on any atom is -0.381 e. The lowest BCUT2D eigenvalue weighted by Crippen LogP contribution is -2.63. The van der Waals surface area contributed by atoms with E-state index < -0.39 is 0 Å². The Labute approximate surface area is 171 Å². The van der Waals surface area contributed by atoms with E-state index in [9.17, 15) is 4.79 Å². The highest BCUT2D eigenvalue weighted by Crippen LogP contribution is 2.28. The van der Waals surface area contributed by atoms with Gasteiger partial charge in [-0.05, 0) is 24.5 Å². The maximum Gasteiger partial charge on any atom is 0.256 e. The first kappa shape index (κ1) is 18.4. The molecule has 0 bridgehead atoms. The summed E-state index contributed by atoms with van der Waals surface area (Å²) < 4.78 is 5.59.